The molecule has 2 aromatic rings. The lowest BCUT2D eigenvalue weighted by Gasteiger charge is -2.40. The van der Waals surface area contributed by atoms with Gasteiger partial charge < -0.3 is 24.4 Å². The lowest BCUT2D eigenvalue weighted by molar-refractivity contribution is -0.140. The zero-order valence-electron chi connectivity index (χ0n) is 20.2. The van der Waals surface area contributed by atoms with Crippen LogP contribution in [0.2, 0.25) is 0 Å². The van der Waals surface area contributed by atoms with Crippen LogP contribution < -0.4 is 5.32 Å². The third kappa shape index (κ3) is 6.03. The smallest absolute Gasteiger partial charge is 0.290 e. The topological polar surface area (TPSA) is 79.7 Å². The van der Waals surface area contributed by atoms with Gasteiger partial charge in [-0.2, -0.15) is 0 Å². The van der Waals surface area contributed by atoms with Crippen LogP contribution in [0.15, 0.2) is 24.3 Å². The number of carbonyl (C=O) groups excluding carboxylic acids is 2. The summed E-state index contributed by atoms with van der Waals surface area (Å²) in [6, 6.07) is 7.84. The van der Waals surface area contributed by atoms with Gasteiger partial charge in [-0.15, -0.1) is 24.8 Å². The first-order valence-electron chi connectivity index (χ1n) is 11.8. The van der Waals surface area contributed by atoms with E-state index in [1.165, 1.54) is 0 Å². The molecule has 2 aliphatic heterocycles. The molecular weight excluding hydrogens is 477 g/mol. The Morgan fingerprint density at radius 3 is 2.56 bits per heavy atom. The van der Waals surface area contributed by atoms with Gasteiger partial charge in [0.05, 0.1) is 30.2 Å². The normalized spacial score (nSPS) is 20.5. The van der Waals surface area contributed by atoms with Crippen LogP contribution in [0.5, 0.6) is 0 Å². The largest absolute Gasteiger partial charge is 0.378 e. The van der Waals surface area contributed by atoms with E-state index in [4.69, 9.17) is 9.72 Å². The highest BCUT2D eigenvalue weighted by atomic mass is 35.5. The zero-order valence-corrected chi connectivity index (χ0v) is 21.9. The maximum absolute atomic E-state index is 13.8. The lowest BCUT2D eigenvalue weighted by Crippen LogP contribution is -2.56. The number of rotatable bonds is 6. The first-order chi connectivity index (χ1) is 15.5. The highest BCUT2D eigenvalue weighted by Crippen LogP contribution is 2.24. The van der Waals surface area contributed by atoms with Crippen LogP contribution in [0.25, 0.3) is 11.0 Å². The molecule has 34 heavy (non-hydrogen) atoms. The molecule has 1 N–H and O–H groups in total. The highest BCUT2D eigenvalue weighted by Gasteiger charge is 2.36. The minimum Gasteiger partial charge on any atom is -0.378 e. The van der Waals surface area contributed by atoms with Crippen LogP contribution in [0, 0.1) is 11.8 Å². The van der Waals surface area contributed by atoms with Gasteiger partial charge in [-0.1, -0.05) is 26.0 Å². The molecule has 1 aromatic heterocycles. The monoisotopic (exact) mass is 513 g/mol. The number of carbonyl (C=O) groups is 2. The van der Waals surface area contributed by atoms with Crippen molar-refractivity contribution in [3.8, 4) is 0 Å². The molecule has 0 aliphatic carbocycles. The van der Waals surface area contributed by atoms with Gasteiger partial charge in [0, 0.05) is 45.3 Å². The van der Waals surface area contributed by atoms with Crippen LogP contribution in [0.1, 0.15) is 37.8 Å². The van der Waals surface area contributed by atoms with E-state index in [-0.39, 0.29) is 48.6 Å². The average Bonchev–Trinajstić information content (AvgIpc) is 3.21. The van der Waals surface area contributed by atoms with Crippen molar-refractivity contribution in [3.63, 3.8) is 0 Å². The van der Waals surface area contributed by atoms with Crippen molar-refractivity contribution < 1.29 is 14.3 Å². The molecule has 0 unspecified atom stereocenters. The Kier molecular flexibility index (Phi) is 10.6. The third-order valence-corrected chi connectivity index (χ3v) is 6.42. The SMILES string of the molecule is CCn1c(C(=O)N(CC(C)C)[C@@H]2CNC[C@H](C(=O)N3CCOCC3)C2)nc2ccccc21.Cl.Cl. The molecule has 8 nitrogen and oxygen atoms in total. The molecule has 10 heteroatoms. The fraction of sp³-hybridized carbons (Fsp3) is 0.625. The zero-order chi connectivity index (χ0) is 22.7. The van der Waals surface area contributed by atoms with Gasteiger partial charge >= 0.3 is 0 Å². The van der Waals surface area contributed by atoms with Crippen molar-refractivity contribution in [2.45, 2.75) is 39.8 Å². The van der Waals surface area contributed by atoms with Crippen LogP contribution in [0.4, 0.5) is 0 Å². The summed E-state index contributed by atoms with van der Waals surface area (Å²) in [6.07, 6.45) is 0.675. The molecule has 2 atom stereocenters. The van der Waals surface area contributed by atoms with E-state index < -0.39 is 0 Å². The Bertz CT molecular complexity index is 961. The first kappa shape index (κ1) is 28.4. The average molecular weight is 514 g/mol. The number of hydrogen-bond acceptors (Lipinski definition) is 5. The second-order valence-corrected chi connectivity index (χ2v) is 9.20. The molecule has 1 aromatic carbocycles. The van der Waals surface area contributed by atoms with Crippen molar-refractivity contribution in [3.05, 3.63) is 30.1 Å². The van der Waals surface area contributed by atoms with E-state index in [2.05, 4.69) is 19.2 Å². The maximum atomic E-state index is 13.8. The molecule has 4 rings (SSSR count). The summed E-state index contributed by atoms with van der Waals surface area (Å²) < 4.78 is 7.39. The number of fused-ring (bicyclic) bond motifs is 1. The van der Waals surface area contributed by atoms with E-state index in [1.54, 1.807) is 0 Å². The number of piperidine rings is 1. The summed E-state index contributed by atoms with van der Waals surface area (Å²) in [7, 11) is 0. The fourth-order valence-electron chi connectivity index (χ4n) is 4.87. The summed E-state index contributed by atoms with van der Waals surface area (Å²) in [5, 5.41) is 3.42. The standard InChI is InChI=1S/C24H35N5O3.2ClH/c1-4-28-21-8-6-5-7-20(21)26-22(28)24(31)29(16-17(2)3)19-13-18(14-25-15-19)23(30)27-9-11-32-12-10-27;;/h5-8,17-19,25H,4,9-16H2,1-3H3;2*1H/t18-,19+;;/m1../s1. The Balaban J connectivity index is 0.00000204. The molecule has 0 bridgehead atoms. The summed E-state index contributed by atoms with van der Waals surface area (Å²) in [5.74, 6) is 0.787. The summed E-state index contributed by atoms with van der Waals surface area (Å²) >= 11 is 0. The quantitative estimate of drug-likeness (QED) is 0.642. The van der Waals surface area contributed by atoms with Crippen LogP contribution in [-0.4, -0.2) is 83.1 Å². The number of nitrogens with one attached hydrogen (secondary N) is 1. The first-order valence-corrected chi connectivity index (χ1v) is 11.8. The lowest BCUT2D eigenvalue weighted by atomic mass is 9.92. The molecular formula is C24H37Cl2N5O3. The Hall–Kier alpha value is -1.87. The molecule has 0 radical (unpaired) electrons. The summed E-state index contributed by atoms with van der Waals surface area (Å²) in [5.41, 5.74) is 1.81. The van der Waals surface area contributed by atoms with Crippen molar-refractivity contribution in [2.24, 2.45) is 11.8 Å². The molecule has 2 amide bonds. The number of amides is 2. The Morgan fingerprint density at radius 2 is 1.88 bits per heavy atom. The van der Waals surface area contributed by atoms with E-state index in [0.29, 0.717) is 70.6 Å². The number of para-hydroxylation sites is 2. The number of ether oxygens (including phenoxy) is 1. The Labute approximate surface area is 214 Å². The van der Waals surface area contributed by atoms with Crippen molar-refractivity contribution >= 4 is 47.7 Å². The van der Waals surface area contributed by atoms with Gasteiger partial charge in [-0.25, -0.2) is 4.98 Å². The van der Waals surface area contributed by atoms with Crippen LogP contribution in [0.3, 0.4) is 0 Å². The summed E-state index contributed by atoms with van der Waals surface area (Å²) in [6.45, 7) is 11.4. The van der Waals surface area contributed by atoms with Gasteiger partial charge in [0.1, 0.15) is 0 Å². The summed E-state index contributed by atoms with van der Waals surface area (Å²) in [4.78, 5) is 35.5. The number of imidazole rings is 1. The highest BCUT2D eigenvalue weighted by molar-refractivity contribution is 5.95. The van der Waals surface area contributed by atoms with Crippen LogP contribution in [-0.2, 0) is 16.1 Å². The number of benzene rings is 1. The fourth-order valence-corrected chi connectivity index (χ4v) is 4.87. The van der Waals surface area contributed by atoms with E-state index in [0.717, 1.165) is 11.0 Å². The molecule has 2 aliphatic rings. The van der Waals surface area contributed by atoms with Gasteiger partial charge in [-0.3, -0.25) is 9.59 Å². The minimum atomic E-state index is -0.126. The van der Waals surface area contributed by atoms with E-state index in [9.17, 15) is 9.59 Å². The maximum Gasteiger partial charge on any atom is 0.290 e. The van der Waals surface area contributed by atoms with E-state index >= 15 is 0 Å². The number of morpholine rings is 1. The molecule has 190 valence electrons. The van der Waals surface area contributed by atoms with Gasteiger partial charge in [0.2, 0.25) is 5.91 Å². The Morgan fingerprint density at radius 1 is 1.18 bits per heavy atom. The predicted octanol–water partition coefficient (Wildman–Crippen LogP) is 2.83. The number of nitrogens with zero attached hydrogens (tertiary/aromatic N) is 4. The predicted molar refractivity (Wildman–Crippen MR) is 138 cm³/mol. The van der Waals surface area contributed by atoms with Gasteiger partial charge in [-0.05, 0) is 31.4 Å². The second-order valence-electron chi connectivity index (χ2n) is 9.20. The van der Waals surface area contributed by atoms with Gasteiger partial charge in [0.15, 0.2) is 5.82 Å². The molecule has 0 spiro atoms. The molecule has 2 fully saturated rings. The third-order valence-electron chi connectivity index (χ3n) is 6.42. The van der Waals surface area contributed by atoms with Crippen LogP contribution >= 0.6 is 24.8 Å². The van der Waals surface area contributed by atoms with Gasteiger partial charge in [0.25, 0.3) is 5.91 Å². The van der Waals surface area contributed by atoms with Crippen molar-refractivity contribution in [1.29, 1.82) is 0 Å². The van der Waals surface area contributed by atoms with Crippen molar-refractivity contribution in [2.75, 3.05) is 45.9 Å². The number of aryl methyl sites for hydroxylation is 1. The number of aromatic nitrogens is 2. The molecule has 3 heterocycles. The minimum absolute atomic E-state index is 0. The molecule has 2 saturated heterocycles. The molecule has 0 saturated carbocycles. The second kappa shape index (κ2) is 12.7. The van der Waals surface area contributed by atoms with Crippen molar-refractivity contribution in [1.82, 2.24) is 24.7 Å². The van der Waals surface area contributed by atoms with E-state index in [1.807, 2.05) is 45.6 Å². The number of hydrogen-bond donors (Lipinski definition) is 1. The number of halogens is 2.